The summed E-state index contributed by atoms with van der Waals surface area (Å²) in [5, 5.41) is 9.60. The Hall–Kier alpha value is -0.770. The second kappa shape index (κ2) is 5.86. The Morgan fingerprint density at radius 3 is 2.93 bits per heavy atom. The first kappa shape index (κ1) is 11.3. The molecular formula is C10H19NO3. The smallest absolute Gasteiger partial charge is 0.410 e. The molecule has 0 aromatic carbocycles. The van der Waals surface area contributed by atoms with Crippen LogP contribution in [0.25, 0.3) is 0 Å². The zero-order chi connectivity index (χ0) is 10.4. The average Bonchev–Trinajstić information content (AvgIpc) is 2.52. The highest BCUT2D eigenvalue weighted by Gasteiger charge is 2.23. The second-order valence-electron chi connectivity index (χ2n) is 3.71. The van der Waals surface area contributed by atoms with Gasteiger partial charge in [0.15, 0.2) is 0 Å². The van der Waals surface area contributed by atoms with Crippen molar-refractivity contribution in [2.24, 2.45) is 0 Å². The normalized spacial score (nSPS) is 18.4. The summed E-state index contributed by atoms with van der Waals surface area (Å²) in [6, 6.07) is 0. The van der Waals surface area contributed by atoms with Gasteiger partial charge in [-0.05, 0) is 6.42 Å². The number of cyclic esters (lactones) is 1. The first-order valence-corrected chi connectivity index (χ1v) is 5.33. The summed E-state index contributed by atoms with van der Waals surface area (Å²) in [5.74, 6) is 0. The van der Waals surface area contributed by atoms with Crippen LogP contribution in [0.5, 0.6) is 0 Å². The molecule has 1 fully saturated rings. The number of amides is 1. The van der Waals surface area contributed by atoms with Crippen LogP contribution in [-0.4, -0.2) is 41.9 Å². The summed E-state index contributed by atoms with van der Waals surface area (Å²) < 4.78 is 4.77. The van der Waals surface area contributed by atoms with E-state index in [4.69, 9.17) is 4.74 Å². The number of unbranched alkanes of at least 4 members (excludes halogenated alkanes) is 2. The molecule has 1 saturated heterocycles. The molecule has 1 aliphatic rings. The number of aliphatic hydroxyl groups excluding tert-OH is 1. The first-order valence-electron chi connectivity index (χ1n) is 5.33. The van der Waals surface area contributed by atoms with E-state index in [9.17, 15) is 9.90 Å². The molecule has 0 aromatic rings. The van der Waals surface area contributed by atoms with Gasteiger partial charge in [0.05, 0.1) is 19.2 Å². The minimum Gasteiger partial charge on any atom is -0.448 e. The molecule has 0 bridgehead atoms. The highest BCUT2D eigenvalue weighted by molar-refractivity contribution is 5.69. The fraction of sp³-hybridized carbons (Fsp3) is 0.900. The molecule has 4 heteroatoms. The largest absolute Gasteiger partial charge is 0.448 e. The number of nitrogens with zero attached hydrogens (tertiary/aromatic N) is 1. The molecule has 1 heterocycles. The average molecular weight is 201 g/mol. The van der Waals surface area contributed by atoms with Crippen LogP contribution in [0.4, 0.5) is 4.79 Å². The second-order valence-corrected chi connectivity index (χ2v) is 3.71. The van der Waals surface area contributed by atoms with Gasteiger partial charge in [0.25, 0.3) is 0 Å². The van der Waals surface area contributed by atoms with E-state index in [2.05, 4.69) is 6.92 Å². The van der Waals surface area contributed by atoms with Gasteiger partial charge in [-0.15, -0.1) is 0 Å². The van der Waals surface area contributed by atoms with E-state index in [1.807, 2.05) is 0 Å². The van der Waals surface area contributed by atoms with Crippen molar-refractivity contribution in [3.05, 3.63) is 0 Å². The van der Waals surface area contributed by atoms with E-state index in [1.165, 1.54) is 0 Å². The van der Waals surface area contributed by atoms with Crippen molar-refractivity contribution in [1.29, 1.82) is 0 Å². The predicted octanol–water partition coefficient (Wildman–Crippen LogP) is 1.38. The Bertz CT molecular complexity index is 184. The molecular weight excluding hydrogens is 182 g/mol. The summed E-state index contributed by atoms with van der Waals surface area (Å²) in [7, 11) is 0. The number of aliphatic hydroxyl groups is 1. The number of hydrogen-bond donors (Lipinski definition) is 1. The van der Waals surface area contributed by atoms with Crippen molar-refractivity contribution in [2.45, 2.75) is 38.7 Å². The summed E-state index contributed by atoms with van der Waals surface area (Å²) in [6.45, 7) is 3.62. The lowest BCUT2D eigenvalue weighted by Crippen LogP contribution is -2.33. The van der Waals surface area contributed by atoms with Gasteiger partial charge in [-0.1, -0.05) is 26.2 Å². The van der Waals surface area contributed by atoms with Gasteiger partial charge in [-0.25, -0.2) is 4.79 Å². The standard InChI is InChI=1S/C10H19NO3/c1-2-3-4-5-9(12)8-11-6-7-14-10(11)13/h9,12H,2-8H2,1H3. The molecule has 1 rings (SSSR count). The SMILES string of the molecule is CCCCCC(O)CN1CCOC1=O. The number of hydrogen-bond acceptors (Lipinski definition) is 3. The number of carbonyl (C=O) groups is 1. The van der Waals surface area contributed by atoms with Gasteiger partial charge in [0, 0.05) is 0 Å². The van der Waals surface area contributed by atoms with Gasteiger partial charge in [0.2, 0.25) is 0 Å². The Morgan fingerprint density at radius 1 is 1.57 bits per heavy atom. The molecule has 0 spiro atoms. The van der Waals surface area contributed by atoms with Crippen LogP contribution in [0.3, 0.4) is 0 Å². The minimum atomic E-state index is -0.396. The fourth-order valence-corrected chi connectivity index (χ4v) is 1.57. The molecule has 14 heavy (non-hydrogen) atoms. The topological polar surface area (TPSA) is 49.8 Å². The van der Waals surface area contributed by atoms with Gasteiger partial charge in [-0.3, -0.25) is 0 Å². The molecule has 0 radical (unpaired) electrons. The Balaban J connectivity index is 2.12. The Kier molecular flexibility index (Phi) is 4.73. The van der Waals surface area contributed by atoms with E-state index in [0.29, 0.717) is 19.7 Å². The quantitative estimate of drug-likeness (QED) is 0.660. The molecule has 82 valence electrons. The van der Waals surface area contributed by atoms with Crippen molar-refractivity contribution in [1.82, 2.24) is 4.90 Å². The van der Waals surface area contributed by atoms with Gasteiger partial charge >= 0.3 is 6.09 Å². The molecule has 0 aromatic heterocycles. The van der Waals surface area contributed by atoms with E-state index < -0.39 is 6.10 Å². The molecule has 4 nitrogen and oxygen atoms in total. The summed E-state index contributed by atoms with van der Waals surface area (Å²) >= 11 is 0. The number of rotatable bonds is 6. The van der Waals surface area contributed by atoms with E-state index >= 15 is 0 Å². The first-order chi connectivity index (χ1) is 6.74. The van der Waals surface area contributed by atoms with Gasteiger partial charge in [0.1, 0.15) is 6.61 Å². The third-order valence-corrected chi connectivity index (χ3v) is 2.42. The maximum atomic E-state index is 11.0. The van der Waals surface area contributed by atoms with Crippen molar-refractivity contribution in [3.8, 4) is 0 Å². The molecule has 1 N–H and O–H groups in total. The van der Waals surface area contributed by atoms with Crippen molar-refractivity contribution in [2.75, 3.05) is 19.7 Å². The lowest BCUT2D eigenvalue weighted by molar-refractivity contribution is 0.111. The molecule has 1 amide bonds. The van der Waals surface area contributed by atoms with Crippen LogP contribution in [0, 0.1) is 0 Å². The van der Waals surface area contributed by atoms with Crippen LogP contribution in [0.1, 0.15) is 32.6 Å². The third-order valence-electron chi connectivity index (χ3n) is 2.42. The minimum absolute atomic E-state index is 0.292. The van der Waals surface area contributed by atoms with E-state index in [-0.39, 0.29) is 6.09 Å². The highest BCUT2D eigenvalue weighted by atomic mass is 16.6. The number of ether oxygens (including phenoxy) is 1. The lowest BCUT2D eigenvalue weighted by Gasteiger charge is -2.17. The lowest BCUT2D eigenvalue weighted by atomic mass is 10.1. The molecule has 1 unspecified atom stereocenters. The highest BCUT2D eigenvalue weighted by Crippen LogP contribution is 2.08. The van der Waals surface area contributed by atoms with Crippen LogP contribution in [0.15, 0.2) is 0 Å². The molecule has 1 atom stereocenters. The van der Waals surface area contributed by atoms with E-state index in [1.54, 1.807) is 4.90 Å². The summed E-state index contributed by atoms with van der Waals surface area (Å²) in [5.41, 5.74) is 0. The van der Waals surface area contributed by atoms with Crippen LogP contribution >= 0.6 is 0 Å². The number of β-amino-alcohol motifs (C(OH)–C–C–N with tert-alkyl or cyclic N) is 1. The summed E-state index contributed by atoms with van der Waals surface area (Å²) in [4.78, 5) is 12.6. The predicted molar refractivity (Wildman–Crippen MR) is 53.1 cm³/mol. The van der Waals surface area contributed by atoms with Crippen molar-refractivity contribution >= 4 is 6.09 Å². The fourth-order valence-electron chi connectivity index (χ4n) is 1.57. The molecule has 0 aliphatic carbocycles. The molecule has 0 saturated carbocycles. The maximum Gasteiger partial charge on any atom is 0.410 e. The Morgan fingerprint density at radius 2 is 2.36 bits per heavy atom. The van der Waals surface area contributed by atoms with Crippen LogP contribution in [0.2, 0.25) is 0 Å². The Labute approximate surface area is 84.8 Å². The molecule has 1 aliphatic heterocycles. The zero-order valence-electron chi connectivity index (χ0n) is 8.74. The van der Waals surface area contributed by atoms with Gasteiger partial charge in [-0.2, -0.15) is 0 Å². The summed E-state index contributed by atoms with van der Waals surface area (Å²) in [6.07, 6.45) is 3.41. The monoisotopic (exact) mass is 201 g/mol. The van der Waals surface area contributed by atoms with Crippen LogP contribution in [-0.2, 0) is 4.74 Å². The van der Waals surface area contributed by atoms with Crippen LogP contribution < -0.4 is 0 Å². The zero-order valence-corrected chi connectivity index (χ0v) is 8.74. The van der Waals surface area contributed by atoms with Crippen molar-refractivity contribution in [3.63, 3.8) is 0 Å². The maximum absolute atomic E-state index is 11.0. The third kappa shape index (κ3) is 3.54. The van der Waals surface area contributed by atoms with E-state index in [0.717, 1.165) is 25.7 Å². The van der Waals surface area contributed by atoms with Gasteiger partial charge < -0.3 is 14.7 Å². The number of carbonyl (C=O) groups excluding carboxylic acids is 1. The van der Waals surface area contributed by atoms with Crippen molar-refractivity contribution < 1.29 is 14.6 Å².